The average molecular weight is 300 g/mol. The largest absolute Gasteiger partial charge is 0.296 e. The van der Waals surface area contributed by atoms with Gasteiger partial charge in [0.25, 0.3) is 15.9 Å². The topological polar surface area (TPSA) is 119 Å². The number of primary sulfonamides is 1. The lowest BCUT2D eigenvalue weighted by atomic mass is 10.3. The van der Waals surface area contributed by atoms with Gasteiger partial charge in [-0.15, -0.1) is 10.2 Å². The van der Waals surface area contributed by atoms with Crippen molar-refractivity contribution in [3.05, 3.63) is 30.1 Å². The maximum absolute atomic E-state index is 11.9. The van der Waals surface area contributed by atoms with E-state index in [0.29, 0.717) is 16.9 Å². The van der Waals surface area contributed by atoms with Crippen LogP contribution in [0.4, 0.5) is 5.13 Å². The predicted octanol–water partition coefficient (Wildman–Crippen LogP) is -0.738. The van der Waals surface area contributed by atoms with E-state index in [2.05, 4.69) is 15.5 Å². The van der Waals surface area contributed by atoms with Crippen molar-refractivity contribution in [3.63, 3.8) is 0 Å². The van der Waals surface area contributed by atoms with Crippen LogP contribution in [0.1, 0.15) is 10.4 Å². The summed E-state index contributed by atoms with van der Waals surface area (Å²) >= 11 is 0.693. The molecule has 19 heavy (non-hydrogen) atoms. The summed E-state index contributed by atoms with van der Waals surface area (Å²) in [7, 11) is -2.12. The summed E-state index contributed by atoms with van der Waals surface area (Å²) in [4.78, 5) is 11.9. The Morgan fingerprint density at radius 1 is 1.47 bits per heavy atom. The summed E-state index contributed by atoms with van der Waals surface area (Å²) in [5, 5.41) is 14.3. The lowest BCUT2D eigenvalue weighted by Gasteiger charge is -1.98. The molecule has 2 heterocycles. The van der Waals surface area contributed by atoms with Crippen LogP contribution in [-0.2, 0) is 17.1 Å². The Bertz CT molecular complexity index is 725. The van der Waals surface area contributed by atoms with Crippen LogP contribution < -0.4 is 15.0 Å². The van der Waals surface area contributed by atoms with Crippen LogP contribution >= 0.6 is 11.3 Å². The van der Waals surface area contributed by atoms with Gasteiger partial charge in [-0.1, -0.05) is 11.3 Å². The van der Waals surface area contributed by atoms with E-state index in [1.165, 1.54) is 0 Å². The number of aryl methyl sites for hydroxylation is 1. The predicted molar refractivity (Wildman–Crippen MR) is 66.9 cm³/mol. The first-order valence-electron chi connectivity index (χ1n) is 4.99. The second kappa shape index (κ2) is 4.99. The second-order valence-electron chi connectivity index (χ2n) is 3.63. The van der Waals surface area contributed by atoms with Gasteiger partial charge in [-0.2, -0.15) is 0 Å². The van der Waals surface area contributed by atoms with Crippen molar-refractivity contribution in [2.24, 2.45) is 12.2 Å². The molecule has 1 amide bonds. The second-order valence-corrected chi connectivity index (χ2v) is 6.34. The number of rotatable bonds is 3. The van der Waals surface area contributed by atoms with E-state index in [-0.39, 0.29) is 9.47 Å². The Morgan fingerprint density at radius 2 is 2.21 bits per heavy atom. The maximum Gasteiger partial charge on any atom is 0.267 e. The van der Waals surface area contributed by atoms with Gasteiger partial charge in [-0.25, -0.2) is 18.1 Å². The molecule has 0 aliphatic heterocycles. The molecule has 3 N–H and O–H groups in total. The minimum absolute atomic E-state index is 0.0699. The molecule has 0 atom stereocenters. The summed E-state index contributed by atoms with van der Waals surface area (Å²) in [6.07, 6.45) is 3.40. The van der Waals surface area contributed by atoms with Crippen LogP contribution in [0.3, 0.4) is 0 Å². The van der Waals surface area contributed by atoms with E-state index in [0.717, 1.165) is 0 Å². The molecule has 0 radical (unpaired) electrons. The van der Waals surface area contributed by atoms with Gasteiger partial charge in [0.05, 0.1) is 0 Å². The number of aromatic nitrogens is 3. The molecule has 0 aliphatic rings. The molecule has 2 aromatic heterocycles. The lowest BCUT2D eigenvalue weighted by Crippen LogP contribution is -2.28. The highest BCUT2D eigenvalue weighted by molar-refractivity contribution is 7.91. The Labute approximate surface area is 113 Å². The molecule has 0 bridgehead atoms. The van der Waals surface area contributed by atoms with Gasteiger partial charge in [0.15, 0.2) is 12.4 Å². The third kappa shape index (κ3) is 3.30. The highest BCUT2D eigenvalue weighted by Gasteiger charge is 2.17. The highest BCUT2D eigenvalue weighted by Crippen LogP contribution is 2.18. The Balaban J connectivity index is 2.18. The van der Waals surface area contributed by atoms with Crippen molar-refractivity contribution in [1.29, 1.82) is 0 Å². The smallest absolute Gasteiger partial charge is 0.267 e. The van der Waals surface area contributed by atoms with E-state index in [1.54, 1.807) is 36.1 Å². The van der Waals surface area contributed by atoms with Crippen molar-refractivity contribution < 1.29 is 17.8 Å². The molecular weight excluding hydrogens is 290 g/mol. The monoisotopic (exact) mass is 300 g/mol. The van der Waals surface area contributed by atoms with Crippen molar-refractivity contribution in [2.45, 2.75) is 4.34 Å². The first kappa shape index (κ1) is 13.5. The molecule has 100 valence electrons. The van der Waals surface area contributed by atoms with E-state index < -0.39 is 15.9 Å². The van der Waals surface area contributed by atoms with Crippen LogP contribution in [0.15, 0.2) is 28.9 Å². The van der Waals surface area contributed by atoms with Crippen LogP contribution in [0, 0.1) is 0 Å². The van der Waals surface area contributed by atoms with Gasteiger partial charge in [0.1, 0.15) is 12.6 Å². The SMILES string of the molecule is C[n+]1cccc(C(=O)Nc2nnc(S(N)(=O)=O)s2)c1. The number of nitrogens with two attached hydrogens (primary N) is 1. The maximum atomic E-state index is 11.9. The molecule has 2 aromatic rings. The minimum atomic E-state index is -3.90. The number of nitrogens with zero attached hydrogens (tertiary/aromatic N) is 3. The fraction of sp³-hybridized carbons (Fsp3) is 0.111. The summed E-state index contributed by atoms with van der Waals surface area (Å²) in [6.45, 7) is 0. The van der Waals surface area contributed by atoms with E-state index in [1.807, 2.05) is 0 Å². The van der Waals surface area contributed by atoms with Crippen molar-refractivity contribution in [3.8, 4) is 0 Å². The summed E-state index contributed by atoms with van der Waals surface area (Å²) in [6, 6.07) is 3.34. The number of hydrogen-bond donors (Lipinski definition) is 2. The number of anilines is 1. The fourth-order valence-corrected chi connectivity index (χ4v) is 2.60. The van der Waals surface area contributed by atoms with Crippen LogP contribution in [0.2, 0.25) is 0 Å². The first-order valence-corrected chi connectivity index (χ1v) is 7.35. The molecule has 2 rings (SSSR count). The number of nitrogens with one attached hydrogen (secondary N) is 1. The van der Waals surface area contributed by atoms with Gasteiger partial charge in [-0.05, 0) is 6.07 Å². The number of amides is 1. The molecule has 0 aromatic carbocycles. The zero-order valence-electron chi connectivity index (χ0n) is 9.77. The third-order valence-corrected chi connectivity index (χ3v) is 4.22. The standard InChI is InChI=1S/C9H9N5O3S2/c1-14-4-2-3-6(5-14)7(15)11-8-12-13-9(18-8)19(10,16)17/h2-5H,1H3,(H2-,10,11,12,15,16,17)/p+1. The van der Waals surface area contributed by atoms with E-state index in [9.17, 15) is 13.2 Å². The van der Waals surface area contributed by atoms with Crippen LogP contribution in [-0.4, -0.2) is 24.5 Å². The molecule has 0 saturated heterocycles. The highest BCUT2D eigenvalue weighted by atomic mass is 32.2. The van der Waals surface area contributed by atoms with Gasteiger partial charge < -0.3 is 0 Å². The molecule has 10 heteroatoms. The number of hydrogen-bond acceptors (Lipinski definition) is 6. The summed E-state index contributed by atoms with van der Waals surface area (Å²) in [5.41, 5.74) is 0.414. The molecule has 0 unspecified atom stereocenters. The number of carbonyl (C=O) groups is 1. The third-order valence-electron chi connectivity index (χ3n) is 2.07. The molecule has 8 nitrogen and oxygen atoms in total. The molecule has 0 saturated carbocycles. The van der Waals surface area contributed by atoms with E-state index >= 15 is 0 Å². The average Bonchev–Trinajstić information content (AvgIpc) is 2.77. The van der Waals surface area contributed by atoms with Gasteiger partial charge in [0.2, 0.25) is 9.47 Å². The fourth-order valence-electron chi connectivity index (χ4n) is 1.27. The quantitative estimate of drug-likeness (QED) is 0.571. The zero-order chi connectivity index (χ0) is 14.0. The zero-order valence-corrected chi connectivity index (χ0v) is 11.4. The van der Waals surface area contributed by atoms with Crippen LogP contribution in [0.5, 0.6) is 0 Å². The molecule has 0 spiro atoms. The Hall–Kier alpha value is -1.91. The number of sulfonamides is 1. The van der Waals surface area contributed by atoms with Crippen molar-refractivity contribution in [1.82, 2.24) is 10.2 Å². The molecule has 0 fully saturated rings. The van der Waals surface area contributed by atoms with Crippen LogP contribution in [0.25, 0.3) is 0 Å². The van der Waals surface area contributed by atoms with Gasteiger partial charge in [-0.3, -0.25) is 10.1 Å². The van der Waals surface area contributed by atoms with E-state index in [4.69, 9.17) is 5.14 Å². The number of carbonyl (C=O) groups excluding carboxylic acids is 1. The van der Waals surface area contributed by atoms with Gasteiger partial charge >= 0.3 is 0 Å². The van der Waals surface area contributed by atoms with Crippen molar-refractivity contribution in [2.75, 3.05) is 5.32 Å². The molecular formula is C9H10N5O3S2+. The molecule has 0 aliphatic carbocycles. The first-order chi connectivity index (χ1) is 8.86. The van der Waals surface area contributed by atoms with Gasteiger partial charge in [0, 0.05) is 6.07 Å². The number of pyridine rings is 1. The minimum Gasteiger partial charge on any atom is -0.296 e. The normalized spacial score (nSPS) is 11.3. The Morgan fingerprint density at radius 3 is 2.79 bits per heavy atom. The van der Waals surface area contributed by atoms with Crippen molar-refractivity contribution >= 4 is 32.4 Å². The lowest BCUT2D eigenvalue weighted by molar-refractivity contribution is -0.671. The summed E-state index contributed by atoms with van der Waals surface area (Å²) in [5.74, 6) is -0.409. The Kier molecular flexibility index (Phi) is 3.55. The summed E-state index contributed by atoms with van der Waals surface area (Å²) < 4.78 is 23.4.